The largest absolute Gasteiger partial charge is 0.376 e. The van der Waals surface area contributed by atoms with E-state index < -0.39 is 4.92 Å². The van der Waals surface area contributed by atoms with Crippen LogP contribution in [0.5, 0.6) is 0 Å². The fraction of sp³-hybridized carbons (Fsp3) is 0.182. The zero-order valence-corrected chi connectivity index (χ0v) is 11.0. The van der Waals surface area contributed by atoms with Gasteiger partial charge < -0.3 is 5.32 Å². The molecule has 7 heteroatoms. The standard InChI is InChI=1S/C11H10ClN3O2S/c1-7(11-5-13-6-18-11)14-10-3-2-8(15(16)17)4-9(10)12/h2-7,14H,1H3. The van der Waals surface area contributed by atoms with Crippen molar-refractivity contribution in [3.8, 4) is 0 Å². The number of rotatable bonds is 4. The van der Waals surface area contributed by atoms with Crippen LogP contribution in [-0.4, -0.2) is 9.91 Å². The lowest BCUT2D eigenvalue weighted by molar-refractivity contribution is -0.384. The van der Waals surface area contributed by atoms with Crippen LogP contribution in [0.15, 0.2) is 29.9 Å². The van der Waals surface area contributed by atoms with Gasteiger partial charge in [-0.05, 0) is 13.0 Å². The Labute approximate surface area is 113 Å². The highest BCUT2D eigenvalue weighted by atomic mass is 35.5. The monoisotopic (exact) mass is 283 g/mol. The molecular weight excluding hydrogens is 274 g/mol. The number of nitrogens with zero attached hydrogens (tertiary/aromatic N) is 2. The highest BCUT2D eigenvalue weighted by Gasteiger charge is 2.12. The number of nitro groups is 1. The second kappa shape index (κ2) is 5.32. The van der Waals surface area contributed by atoms with E-state index in [9.17, 15) is 10.1 Å². The third-order valence-corrected chi connectivity index (χ3v) is 3.68. The number of hydrogen-bond donors (Lipinski definition) is 1. The lowest BCUT2D eigenvalue weighted by Crippen LogP contribution is -2.05. The van der Waals surface area contributed by atoms with Gasteiger partial charge in [0.15, 0.2) is 0 Å². The first-order valence-electron chi connectivity index (χ1n) is 5.17. The van der Waals surface area contributed by atoms with Gasteiger partial charge in [0, 0.05) is 23.2 Å². The number of non-ortho nitro benzene ring substituents is 1. The van der Waals surface area contributed by atoms with Crippen molar-refractivity contribution in [2.45, 2.75) is 13.0 Å². The van der Waals surface area contributed by atoms with E-state index in [1.165, 1.54) is 23.5 Å². The molecule has 94 valence electrons. The fourth-order valence-corrected chi connectivity index (χ4v) is 2.34. The number of aromatic nitrogens is 1. The molecule has 0 fully saturated rings. The van der Waals surface area contributed by atoms with Crippen LogP contribution < -0.4 is 5.32 Å². The quantitative estimate of drug-likeness (QED) is 0.683. The van der Waals surface area contributed by atoms with Gasteiger partial charge in [-0.1, -0.05) is 11.6 Å². The maximum absolute atomic E-state index is 10.6. The maximum Gasteiger partial charge on any atom is 0.271 e. The van der Waals surface area contributed by atoms with Crippen molar-refractivity contribution in [2.75, 3.05) is 5.32 Å². The second-order valence-electron chi connectivity index (χ2n) is 3.69. The minimum atomic E-state index is -0.470. The van der Waals surface area contributed by atoms with Crippen molar-refractivity contribution in [2.24, 2.45) is 0 Å². The summed E-state index contributed by atoms with van der Waals surface area (Å²) >= 11 is 7.54. The average molecular weight is 284 g/mol. The molecule has 2 aromatic rings. The van der Waals surface area contributed by atoms with Crippen LogP contribution in [0.3, 0.4) is 0 Å². The molecule has 1 aromatic heterocycles. The number of hydrogen-bond acceptors (Lipinski definition) is 5. The maximum atomic E-state index is 10.6. The van der Waals surface area contributed by atoms with Crippen molar-refractivity contribution in [3.05, 3.63) is 49.9 Å². The van der Waals surface area contributed by atoms with Crippen LogP contribution in [0.1, 0.15) is 17.8 Å². The van der Waals surface area contributed by atoms with Gasteiger partial charge in [-0.2, -0.15) is 0 Å². The Morgan fingerprint density at radius 1 is 1.56 bits per heavy atom. The molecular formula is C11H10ClN3O2S. The first-order chi connectivity index (χ1) is 8.58. The van der Waals surface area contributed by atoms with Crippen LogP contribution in [0.25, 0.3) is 0 Å². The highest BCUT2D eigenvalue weighted by Crippen LogP contribution is 2.30. The Balaban J connectivity index is 2.17. The van der Waals surface area contributed by atoms with Gasteiger partial charge in [0.2, 0.25) is 0 Å². The summed E-state index contributed by atoms with van der Waals surface area (Å²) in [6.45, 7) is 1.98. The van der Waals surface area contributed by atoms with Gasteiger partial charge >= 0.3 is 0 Å². The predicted molar refractivity (Wildman–Crippen MR) is 72.3 cm³/mol. The summed E-state index contributed by atoms with van der Waals surface area (Å²) in [5.74, 6) is 0. The molecule has 1 unspecified atom stereocenters. The first kappa shape index (κ1) is 12.8. The van der Waals surface area contributed by atoms with E-state index in [0.717, 1.165) is 4.88 Å². The van der Waals surface area contributed by atoms with Crippen molar-refractivity contribution < 1.29 is 4.92 Å². The van der Waals surface area contributed by atoms with Crippen molar-refractivity contribution in [1.82, 2.24) is 4.98 Å². The molecule has 5 nitrogen and oxygen atoms in total. The van der Waals surface area contributed by atoms with Gasteiger partial charge in [0.1, 0.15) is 0 Å². The summed E-state index contributed by atoms with van der Waals surface area (Å²) < 4.78 is 0. The van der Waals surface area contributed by atoms with E-state index in [0.29, 0.717) is 10.7 Å². The summed E-state index contributed by atoms with van der Waals surface area (Å²) in [5, 5.41) is 14.1. The van der Waals surface area contributed by atoms with Crippen molar-refractivity contribution in [3.63, 3.8) is 0 Å². The molecule has 0 bridgehead atoms. The number of nitro benzene ring substituents is 1. The number of nitrogens with one attached hydrogen (secondary N) is 1. The summed E-state index contributed by atoms with van der Waals surface area (Å²) in [6.07, 6.45) is 1.78. The zero-order valence-electron chi connectivity index (χ0n) is 9.46. The van der Waals surface area contributed by atoms with E-state index in [4.69, 9.17) is 11.6 Å². The van der Waals surface area contributed by atoms with E-state index in [1.54, 1.807) is 17.8 Å². The van der Waals surface area contributed by atoms with Crippen molar-refractivity contribution in [1.29, 1.82) is 0 Å². The van der Waals surface area contributed by atoms with Crippen LogP contribution in [0.4, 0.5) is 11.4 Å². The molecule has 18 heavy (non-hydrogen) atoms. The molecule has 0 aliphatic carbocycles. The van der Waals surface area contributed by atoms with Gasteiger partial charge in [-0.25, -0.2) is 0 Å². The van der Waals surface area contributed by atoms with Gasteiger partial charge in [-0.15, -0.1) is 11.3 Å². The molecule has 0 saturated heterocycles. The van der Waals surface area contributed by atoms with E-state index in [-0.39, 0.29) is 11.7 Å². The molecule has 1 atom stereocenters. The SMILES string of the molecule is CC(Nc1ccc([N+](=O)[O-])cc1Cl)c1cncs1. The summed E-state index contributed by atoms with van der Waals surface area (Å²) in [4.78, 5) is 15.2. The number of halogens is 1. The Hall–Kier alpha value is -1.66. The summed E-state index contributed by atoms with van der Waals surface area (Å²) in [5.41, 5.74) is 2.41. The minimum absolute atomic E-state index is 0.0176. The molecule has 1 N–H and O–H groups in total. The van der Waals surface area contributed by atoms with Crippen molar-refractivity contribution >= 4 is 34.3 Å². The Morgan fingerprint density at radius 3 is 2.89 bits per heavy atom. The van der Waals surface area contributed by atoms with Crippen LogP contribution in [0.2, 0.25) is 5.02 Å². The number of anilines is 1. The summed E-state index contributed by atoms with van der Waals surface area (Å²) in [7, 11) is 0. The fourth-order valence-electron chi connectivity index (χ4n) is 1.48. The normalized spacial score (nSPS) is 12.1. The molecule has 0 radical (unpaired) electrons. The second-order valence-corrected chi connectivity index (χ2v) is 5.02. The topological polar surface area (TPSA) is 68.1 Å². The number of benzene rings is 1. The van der Waals surface area contributed by atoms with Crippen LogP contribution in [0, 0.1) is 10.1 Å². The zero-order chi connectivity index (χ0) is 13.1. The average Bonchev–Trinajstić information content (AvgIpc) is 2.85. The van der Waals surface area contributed by atoms with Crippen LogP contribution in [-0.2, 0) is 0 Å². The predicted octanol–water partition coefficient (Wildman–Crippen LogP) is 3.88. The number of thiazole rings is 1. The molecule has 0 amide bonds. The van der Waals surface area contributed by atoms with E-state index >= 15 is 0 Å². The van der Waals surface area contributed by atoms with Crippen LogP contribution >= 0.6 is 22.9 Å². The third-order valence-electron chi connectivity index (χ3n) is 2.41. The Bertz CT molecular complexity index is 559. The lowest BCUT2D eigenvalue weighted by Gasteiger charge is -2.14. The smallest absolute Gasteiger partial charge is 0.271 e. The first-order valence-corrected chi connectivity index (χ1v) is 6.42. The third kappa shape index (κ3) is 2.77. The molecule has 0 saturated carbocycles. The molecule has 0 spiro atoms. The Kier molecular flexibility index (Phi) is 3.78. The molecule has 1 aromatic carbocycles. The molecule has 0 aliphatic heterocycles. The molecule has 0 aliphatic rings. The van der Waals surface area contributed by atoms with Gasteiger partial charge in [-0.3, -0.25) is 15.1 Å². The molecule has 2 rings (SSSR count). The lowest BCUT2D eigenvalue weighted by atomic mass is 10.2. The molecule has 1 heterocycles. The minimum Gasteiger partial charge on any atom is -0.376 e. The summed E-state index contributed by atoms with van der Waals surface area (Å²) in [6, 6.07) is 4.42. The van der Waals surface area contributed by atoms with E-state index in [2.05, 4.69) is 10.3 Å². The van der Waals surface area contributed by atoms with E-state index in [1.807, 2.05) is 6.92 Å². The Morgan fingerprint density at radius 2 is 2.33 bits per heavy atom. The van der Waals surface area contributed by atoms with Gasteiger partial charge in [0.25, 0.3) is 5.69 Å². The highest BCUT2D eigenvalue weighted by molar-refractivity contribution is 7.09. The van der Waals surface area contributed by atoms with Gasteiger partial charge in [0.05, 0.1) is 27.2 Å².